The van der Waals surface area contributed by atoms with E-state index >= 15 is 0 Å². The molecule has 0 radical (unpaired) electrons. The lowest BCUT2D eigenvalue weighted by Crippen LogP contribution is -2.59. The van der Waals surface area contributed by atoms with E-state index in [1.165, 1.54) is 11.8 Å². The summed E-state index contributed by atoms with van der Waals surface area (Å²) in [6, 6.07) is 0. The molecular weight excluding hydrogens is 258 g/mol. The predicted molar refractivity (Wildman–Crippen MR) is 68.3 cm³/mol. The fourth-order valence-corrected chi connectivity index (χ4v) is 1.97. The van der Waals surface area contributed by atoms with Crippen LogP contribution in [0.25, 0.3) is 0 Å². The van der Waals surface area contributed by atoms with Crippen LogP contribution in [0.15, 0.2) is 0 Å². The molecule has 0 rings (SSSR count). The molecule has 0 aliphatic carbocycles. The van der Waals surface area contributed by atoms with Crippen LogP contribution in [0.3, 0.4) is 0 Å². The van der Waals surface area contributed by atoms with Crippen molar-refractivity contribution in [2.45, 2.75) is 31.9 Å². The highest BCUT2D eigenvalue weighted by Gasteiger charge is 2.48. The van der Waals surface area contributed by atoms with Crippen molar-refractivity contribution in [2.75, 3.05) is 12.0 Å². The average molecular weight is 277 g/mol. The van der Waals surface area contributed by atoms with Gasteiger partial charge in [0.1, 0.15) is 11.5 Å². The van der Waals surface area contributed by atoms with Crippen molar-refractivity contribution in [2.24, 2.45) is 11.7 Å². The number of hydrogen-bond acceptors (Lipinski definition) is 6. The number of carbonyl (C=O) groups is 3. The number of ether oxygens (including phenoxy) is 1. The Morgan fingerprint density at radius 3 is 2.22 bits per heavy atom. The maximum absolute atomic E-state index is 11.9. The van der Waals surface area contributed by atoms with Gasteiger partial charge in [-0.15, -0.1) is 0 Å². The van der Waals surface area contributed by atoms with Crippen LogP contribution >= 0.6 is 11.8 Å². The molecular formula is C11H19NO5S. The van der Waals surface area contributed by atoms with Crippen LogP contribution in [-0.4, -0.2) is 46.5 Å². The highest BCUT2D eigenvalue weighted by atomic mass is 32.2. The molecule has 6 nitrogen and oxygen atoms in total. The van der Waals surface area contributed by atoms with E-state index in [0.29, 0.717) is 0 Å². The Morgan fingerprint density at radius 1 is 1.44 bits per heavy atom. The van der Waals surface area contributed by atoms with Crippen LogP contribution in [0.2, 0.25) is 0 Å². The molecule has 2 atom stereocenters. The first-order chi connectivity index (χ1) is 8.08. The van der Waals surface area contributed by atoms with Crippen molar-refractivity contribution in [1.29, 1.82) is 0 Å². The van der Waals surface area contributed by atoms with Crippen LogP contribution in [0, 0.1) is 5.92 Å². The lowest BCUT2D eigenvalue weighted by Gasteiger charge is -2.29. The zero-order valence-electron chi connectivity index (χ0n) is 10.9. The van der Waals surface area contributed by atoms with Gasteiger partial charge in [-0.25, -0.2) is 4.79 Å². The van der Waals surface area contributed by atoms with Crippen LogP contribution in [0.1, 0.15) is 20.8 Å². The topological polar surface area (TPSA) is 107 Å². The first kappa shape index (κ1) is 16.9. The average Bonchev–Trinajstić information content (AvgIpc) is 2.21. The zero-order chi connectivity index (χ0) is 14.6. The summed E-state index contributed by atoms with van der Waals surface area (Å²) in [4.78, 5) is 33.9. The van der Waals surface area contributed by atoms with E-state index in [0.717, 1.165) is 0 Å². The van der Waals surface area contributed by atoms with Gasteiger partial charge in [0, 0.05) is 5.75 Å². The molecule has 0 saturated heterocycles. The summed E-state index contributed by atoms with van der Waals surface area (Å²) < 4.78 is 5.10. The van der Waals surface area contributed by atoms with E-state index in [2.05, 4.69) is 0 Å². The number of rotatable bonds is 6. The van der Waals surface area contributed by atoms with Crippen LogP contribution in [0.4, 0.5) is 0 Å². The number of aliphatic carboxylic acids is 1. The number of carboxylic acid groups (broad SMARTS) is 1. The van der Waals surface area contributed by atoms with Gasteiger partial charge in [-0.1, -0.05) is 0 Å². The zero-order valence-corrected chi connectivity index (χ0v) is 11.7. The van der Waals surface area contributed by atoms with Gasteiger partial charge >= 0.3 is 11.9 Å². The number of thioether (sulfide) groups is 1. The fourth-order valence-electron chi connectivity index (χ4n) is 1.22. The summed E-state index contributed by atoms with van der Waals surface area (Å²) in [5.74, 6) is -3.45. The third-order valence-corrected chi connectivity index (χ3v) is 2.83. The second-order valence-corrected chi connectivity index (χ2v) is 5.81. The molecule has 0 amide bonds. The number of carbonyl (C=O) groups excluding carboxylic acids is 2. The van der Waals surface area contributed by atoms with Crippen molar-refractivity contribution in [3.8, 4) is 0 Å². The van der Waals surface area contributed by atoms with Crippen LogP contribution < -0.4 is 5.73 Å². The molecule has 0 heterocycles. The smallest absolute Gasteiger partial charge is 0.332 e. The van der Waals surface area contributed by atoms with Gasteiger partial charge in [-0.2, -0.15) is 11.8 Å². The summed E-state index contributed by atoms with van der Waals surface area (Å²) in [6.45, 7) is 4.96. The van der Waals surface area contributed by atoms with Gasteiger partial charge in [0.05, 0.1) is 0 Å². The Bertz CT molecular complexity index is 339. The molecule has 104 valence electrons. The molecule has 0 aliphatic rings. The SMILES string of the molecule is CSCC(C(=O)OC(C)(C)C)C(N)(C=O)C(=O)O. The molecule has 7 heteroatoms. The summed E-state index contributed by atoms with van der Waals surface area (Å²) in [6.07, 6.45) is 1.77. The van der Waals surface area contributed by atoms with E-state index in [1.807, 2.05) is 0 Å². The molecule has 0 aliphatic heterocycles. The lowest BCUT2D eigenvalue weighted by atomic mass is 9.87. The molecule has 0 fully saturated rings. The number of nitrogens with two attached hydrogens (primary N) is 1. The minimum atomic E-state index is -2.26. The van der Waals surface area contributed by atoms with Crippen molar-refractivity contribution in [3.05, 3.63) is 0 Å². The molecule has 0 aromatic carbocycles. The van der Waals surface area contributed by atoms with E-state index < -0.39 is 29.0 Å². The van der Waals surface area contributed by atoms with Crippen molar-refractivity contribution in [1.82, 2.24) is 0 Å². The maximum atomic E-state index is 11.9. The Hall–Kier alpha value is -1.08. The number of hydrogen-bond donors (Lipinski definition) is 2. The van der Waals surface area contributed by atoms with E-state index in [4.69, 9.17) is 15.6 Å². The third kappa shape index (κ3) is 4.30. The first-order valence-electron chi connectivity index (χ1n) is 5.29. The summed E-state index contributed by atoms with van der Waals surface area (Å²) in [7, 11) is 0. The first-order valence-corrected chi connectivity index (χ1v) is 6.68. The van der Waals surface area contributed by atoms with Crippen LogP contribution in [0.5, 0.6) is 0 Å². The highest BCUT2D eigenvalue weighted by Crippen LogP contribution is 2.22. The van der Waals surface area contributed by atoms with E-state index in [-0.39, 0.29) is 12.0 Å². The standard InChI is InChI=1S/C11H19NO5S/c1-10(2,3)17-8(14)7(5-18-4)11(12,6-13)9(15)16/h6-7H,5,12H2,1-4H3,(H,15,16). The molecule has 3 N–H and O–H groups in total. The van der Waals surface area contributed by atoms with Gasteiger partial charge in [0.15, 0.2) is 11.8 Å². The van der Waals surface area contributed by atoms with Gasteiger partial charge in [0.25, 0.3) is 0 Å². The molecule has 0 aromatic heterocycles. The minimum Gasteiger partial charge on any atom is -0.480 e. The predicted octanol–water partition coefficient (Wildman–Crippen LogP) is 0.288. The summed E-state index contributed by atoms with van der Waals surface area (Å²) in [5, 5.41) is 9.00. The normalized spacial score (nSPS) is 16.5. The molecule has 0 spiro atoms. The van der Waals surface area contributed by atoms with Gasteiger partial charge < -0.3 is 20.4 Å². The third-order valence-electron chi connectivity index (χ3n) is 2.17. The number of esters is 1. The number of aldehydes is 1. The van der Waals surface area contributed by atoms with Crippen molar-refractivity contribution in [3.63, 3.8) is 0 Å². The summed E-state index contributed by atoms with van der Waals surface area (Å²) in [5.41, 5.74) is 2.48. The molecule has 18 heavy (non-hydrogen) atoms. The second-order valence-electron chi connectivity index (χ2n) is 4.90. The quantitative estimate of drug-likeness (QED) is 0.408. The number of carboxylic acids is 1. The minimum absolute atomic E-state index is 0.0835. The Balaban J connectivity index is 5.23. The van der Waals surface area contributed by atoms with E-state index in [1.54, 1.807) is 27.0 Å². The van der Waals surface area contributed by atoms with Crippen molar-refractivity contribution < 1.29 is 24.2 Å². The highest BCUT2D eigenvalue weighted by molar-refractivity contribution is 7.98. The fraction of sp³-hybridized carbons (Fsp3) is 0.727. The van der Waals surface area contributed by atoms with Crippen LogP contribution in [-0.2, 0) is 19.1 Å². The monoisotopic (exact) mass is 277 g/mol. The van der Waals surface area contributed by atoms with Gasteiger partial charge in [0.2, 0.25) is 0 Å². The largest absolute Gasteiger partial charge is 0.480 e. The molecule has 2 unspecified atom stereocenters. The summed E-state index contributed by atoms with van der Waals surface area (Å²) >= 11 is 1.22. The van der Waals surface area contributed by atoms with E-state index in [9.17, 15) is 14.4 Å². The molecule has 0 saturated carbocycles. The lowest BCUT2D eigenvalue weighted by molar-refractivity contribution is -0.167. The molecule has 0 aromatic rings. The molecule has 0 bridgehead atoms. The van der Waals surface area contributed by atoms with Gasteiger partial charge in [-0.05, 0) is 27.0 Å². The Labute approximate surface area is 110 Å². The second kappa shape index (κ2) is 6.19. The maximum Gasteiger partial charge on any atom is 0.332 e. The Morgan fingerprint density at radius 2 is 1.94 bits per heavy atom. The van der Waals surface area contributed by atoms with Crippen molar-refractivity contribution >= 4 is 30.0 Å². The van der Waals surface area contributed by atoms with Gasteiger partial charge in [-0.3, -0.25) is 4.79 Å². The Kier molecular flexibility index (Phi) is 5.82.